The first kappa shape index (κ1) is 21.3. The molecule has 31 heavy (non-hydrogen) atoms. The molecule has 1 saturated heterocycles. The van der Waals surface area contributed by atoms with Crippen molar-refractivity contribution in [1.82, 2.24) is 4.90 Å². The van der Waals surface area contributed by atoms with Gasteiger partial charge in [-0.1, -0.05) is 72.8 Å². The number of piperidine rings is 1. The quantitative estimate of drug-likeness (QED) is 0.531. The van der Waals surface area contributed by atoms with Crippen LogP contribution in [-0.4, -0.2) is 23.9 Å². The molecule has 1 aliphatic heterocycles. The van der Waals surface area contributed by atoms with Crippen molar-refractivity contribution in [1.29, 1.82) is 0 Å². The van der Waals surface area contributed by atoms with Crippen molar-refractivity contribution in [3.63, 3.8) is 0 Å². The molecule has 3 aromatic rings. The summed E-state index contributed by atoms with van der Waals surface area (Å²) in [6.45, 7) is 4.70. The van der Waals surface area contributed by atoms with Crippen LogP contribution < -0.4 is 5.32 Å². The molecule has 0 aromatic heterocycles. The number of hydrogen-bond donors (Lipinski definition) is 1. The van der Waals surface area contributed by atoms with Crippen molar-refractivity contribution in [3.8, 4) is 0 Å². The van der Waals surface area contributed by atoms with Gasteiger partial charge in [0.25, 0.3) is 0 Å². The van der Waals surface area contributed by atoms with E-state index in [0.29, 0.717) is 0 Å². The fourth-order valence-electron chi connectivity index (χ4n) is 4.92. The van der Waals surface area contributed by atoms with Crippen LogP contribution in [-0.2, 0) is 23.2 Å². The Balaban J connectivity index is 1.50. The lowest BCUT2D eigenvalue weighted by molar-refractivity contribution is -0.114. The number of aryl methyl sites for hydroxylation is 1. The van der Waals surface area contributed by atoms with Crippen LogP contribution in [0, 0.1) is 0 Å². The molecule has 3 nitrogen and oxygen atoms in total. The highest BCUT2D eigenvalue weighted by molar-refractivity contribution is 5.88. The first-order valence-electron chi connectivity index (χ1n) is 11.3. The number of benzene rings is 3. The zero-order chi connectivity index (χ0) is 21.5. The fraction of sp³-hybridized carbons (Fsp3) is 0.321. The molecule has 0 aliphatic carbocycles. The minimum atomic E-state index is -0.0326. The second-order valence-electron chi connectivity index (χ2n) is 8.82. The highest BCUT2D eigenvalue weighted by atomic mass is 16.1. The second kappa shape index (κ2) is 9.93. The van der Waals surface area contributed by atoms with Gasteiger partial charge in [-0.3, -0.25) is 9.69 Å². The molecule has 1 aliphatic rings. The van der Waals surface area contributed by atoms with Crippen LogP contribution in [0.1, 0.15) is 42.9 Å². The Morgan fingerprint density at radius 1 is 0.903 bits per heavy atom. The Morgan fingerprint density at radius 3 is 2.26 bits per heavy atom. The molecule has 1 atom stereocenters. The lowest BCUT2D eigenvalue weighted by Crippen LogP contribution is -2.46. The van der Waals surface area contributed by atoms with E-state index in [1.807, 2.05) is 12.1 Å². The summed E-state index contributed by atoms with van der Waals surface area (Å²) in [5.74, 6) is -0.0326. The minimum Gasteiger partial charge on any atom is -0.326 e. The standard InChI is InChI=1S/C28H32N2O/c1-23(31)29-27-15-13-25(14-16-27)21-30-20-8-18-28(22-30,26-11-6-3-7-12-26)19-17-24-9-4-2-5-10-24/h2-7,9-16H,8,17-22H2,1H3,(H,29,31). The normalized spacial score (nSPS) is 19.1. The number of nitrogens with zero attached hydrogens (tertiary/aromatic N) is 1. The Bertz CT molecular complexity index is 969. The predicted octanol–water partition coefficient (Wildman–Crippen LogP) is 5.81. The molecule has 1 amide bonds. The molecule has 3 heteroatoms. The molecular formula is C28H32N2O. The van der Waals surface area contributed by atoms with Crippen LogP contribution in [0.2, 0.25) is 0 Å². The van der Waals surface area contributed by atoms with Gasteiger partial charge in [0.1, 0.15) is 0 Å². The predicted molar refractivity (Wildman–Crippen MR) is 128 cm³/mol. The van der Waals surface area contributed by atoms with Gasteiger partial charge in [0, 0.05) is 31.1 Å². The van der Waals surface area contributed by atoms with E-state index in [1.54, 1.807) is 6.92 Å². The third-order valence-electron chi connectivity index (χ3n) is 6.46. The summed E-state index contributed by atoms with van der Waals surface area (Å²) in [6, 6.07) is 30.2. The topological polar surface area (TPSA) is 32.3 Å². The van der Waals surface area contributed by atoms with Gasteiger partial charge in [0.2, 0.25) is 5.91 Å². The van der Waals surface area contributed by atoms with E-state index in [9.17, 15) is 4.79 Å². The van der Waals surface area contributed by atoms with E-state index < -0.39 is 0 Å². The van der Waals surface area contributed by atoms with Gasteiger partial charge < -0.3 is 5.32 Å². The van der Waals surface area contributed by atoms with E-state index in [4.69, 9.17) is 0 Å². The summed E-state index contributed by atoms with van der Waals surface area (Å²) in [7, 11) is 0. The molecule has 1 heterocycles. The monoisotopic (exact) mass is 412 g/mol. The Morgan fingerprint density at radius 2 is 1.58 bits per heavy atom. The van der Waals surface area contributed by atoms with E-state index in [-0.39, 0.29) is 11.3 Å². The van der Waals surface area contributed by atoms with Crippen LogP contribution >= 0.6 is 0 Å². The number of likely N-dealkylation sites (tertiary alicyclic amines) is 1. The molecule has 3 aromatic carbocycles. The fourth-order valence-corrected chi connectivity index (χ4v) is 4.92. The molecule has 1 fully saturated rings. The third kappa shape index (κ3) is 5.62. The van der Waals surface area contributed by atoms with Gasteiger partial charge >= 0.3 is 0 Å². The summed E-state index contributed by atoms with van der Waals surface area (Å²) >= 11 is 0. The smallest absolute Gasteiger partial charge is 0.221 e. The zero-order valence-corrected chi connectivity index (χ0v) is 18.4. The Hall–Kier alpha value is -2.91. The molecular weight excluding hydrogens is 380 g/mol. The van der Waals surface area contributed by atoms with Crippen LogP contribution in [0.5, 0.6) is 0 Å². The highest BCUT2D eigenvalue weighted by Crippen LogP contribution is 2.38. The van der Waals surface area contributed by atoms with Crippen molar-refractivity contribution < 1.29 is 4.79 Å². The van der Waals surface area contributed by atoms with Crippen molar-refractivity contribution in [3.05, 3.63) is 102 Å². The first-order valence-corrected chi connectivity index (χ1v) is 11.3. The maximum absolute atomic E-state index is 11.3. The van der Waals surface area contributed by atoms with Crippen LogP contribution in [0.4, 0.5) is 5.69 Å². The van der Waals surface area contributed by atoms with E-state index in [0.717, 1.165) is 31.7 Å². The lowest BCUT2D eigenvalue weighted by Gasteiger charge is -2.44. The Labute approximate surface area is 186 Å². The lowest BCUT2D eigenvalue weighted by atomic mass is 9.70. The van der Waals surface area contributed by atoms with Crippen molar-refractivity contribution in [2.75, 3.05) is 18.4 Å². The van der Waals surface area contributed by atoms with Gasteiger partial charge in [0.05, 0.1) is 0 Å². The van der Waals surface area contributed by atoms with Crippen molar-refractivity contribution in [2.45, 2.75) is 44.6 Å². The number of nitrogens with one attached hydrogen (secondary N) is 1. The summed E-state index contributed by atoms with van der Waals surface area (Å²) in [6.07, 6.45) is 4.73. The number of carbonyl (C=O) groups excluding carboxylic acids is 1. The summed E-state index contributed by atoms with van der Waals surface area (Å²) in [5.41, 5.74) is 5.23. The molecule has 1 N–H and O–H groups in total. The SMILES string of the molecule is CC(=O)Nc1ccc(CN2CCCC(CCc3ccccc3)(c3ccccc3)C2)cc1. The van der Waals surface area contributed by atoms with Crippen LogP contribution in [0.25, 0.3) is 0 Å². The Kier molecular flexibility index (Phi) is 6.83. The summed E-state index contributed by atoms with van der Waals surface area (Å²) in [4.78, 5) is 13.9. The molecule has 0 saturated carbocycles. The number of hydrogen-bond acceptors (Lipinski definition) is 2. The van der Waals surface area contributed by atoms with Gasteiger partial charge in [-0.2, -0.15) is 0 Å². The maximum atomic E-state index is 11.3. The zero-order valence-electron chi connectivity index (χ0n) is 18.4. The van der Waals surface area contributed by atoms with Crippen LogP contribution in [0.3, 0.4) is 0 Å². The van der Waals surface area contributed by atoms with Gasteiger partial charge in [-0.05, 0) is 61.1 Å². The minimum absolute atomic E-state index is 0.0326. The highest BCUT2D eigenvalue weighted by Gasteiger charge is 2.36. The second-order valence-corrected chi connectivity index (χ2v) is 8.82. The molecule has 160 valence electrons. The molecule has 0 radical (unpaired) electrons. The summed E-state index contributed by atoms with van der Waals surface area (Å²) < 4.78 is 0. The van der Waals surface area contributed by atoms with Gasteiger partial charge in [0.15, 0.2) is 0 Å². The molecule has 0 bridgehead atoms. The van der Waals surface area contributed by atoms with E-state index >= 15 is 0 Å². The number of anilines is 1. The van der Waals surface area contributed by atoms with E-state index in [1.165, 1.54) is 36.0 Å². The number of amides is 1. The molecule has 0 spiro atoms. The van der Waals surface area contributed by atoms with Crippen molar-refractivity contribution in [2.24, 2.45) is 0 Å². The summed E-state index contributed by atoms with van der Waals surface area (Å²) in [5, 5.41) is 2.85. The van der Waals surface area contributed by atoms with Crippen molar-refractivity contribution >= 4 is 11.6 Å². The molecule has 4 rings (SSSR count). The first-order chi connectivity index (χ1) is 15.1. The largest absolute Gasteiger partial charge is 0.326 e. The molecule has 1 unspecified atom stereocenters. The number of carbonyl (C=O) groups is 1. The van der Waals surface area contributed by atoms with Gasteiger partial charge in [-0.25, -0.2) is 0 Å². The maximum Gasteiger partial charge on any atom is 0.221 e. The van der Waals surface area contributed by atoms with Gasteiger partial charge in [-0.15, -0.1) is 0 Å². The van der Waals surface area contributed by atoms with E-state index in [2.05, 4.69) is 83.0 Å². The van der Waals surface area contributed by atoms with Crippen LogP contribution in [0.15, 0.2) is 84.9 Å². The average Bonchev–Trinajstić information content (AvgIpc) is 2.80. The number of rotatable bonds is 7. The average molecular weight is 413 g/mol. The third-order valence-corrected chi connectivity index (χ3v) is 6.46.